The number of nitrogens with zero attached hydrogens (tertiary/aromatic N) is 2. The van der Waals surface area contributed by atoms with E-state index in [0.29, 0.717) is 25.9 Å². The third-order valence-electron chi connectivity index (χ3n) is 10.7. The van der Waals surface area contributed by atoms with Crippen LogP contribution in [-0.2, 0) is 22.4 Å². The molecule has 5 heterocycles. The lowest BCUT2D eigenvalue weighted by Crippen LogP contribution is -2.33. The summed E-state index contributed by atoms with van der Waals surface area (Å²) in [7, 11) is 0. The van der Waals surface area contributed by atoms with Crippen molar-refractivity contribution in [1.29, 1.82) is 0 Å². The van der Waals surface area contributed by atoms with Crippen LogP contribution < -0.4 is 10.6 Å². The summed E-state index contributed by atoms with van der Waals surface area (Å²) in [6, 6.07) is 6.69. The van der Waals surface area contributed by atoms with Crippen molar-refractivity contribution in [3.63, 3.8) is 0 Å². The quantitative estimate of drug-likeness (QED) is 0.140. The summed E-state index contributed by atoms with van der Waals surface area (Å²) >= 11 is 0. The number of aromatic nitrogens is 4. The molecule has 2 aliphatic heterocycles. The van der Waals surface area contributed by atoms with Gasteiger partial charge in [-0.1, -0.05) is 33.6 Å². The number of carbonyl (C=O) groups is 2. The number of amides is 2. The molecule has 3 aromatic rings. The number of ether oxygens (including phenoxy) is 1. The number of H-pyrrole nitrogens is 2. The van der Waals surface area contributed by atoms with E-state index in [1.165, 1.54) is 22.3 Å². The average Bonchev–Trinajstić information content (AvgIpc) is 3.78. The van der Waals surface area contributed by atoms with Crippen LogP contribution in [0.15, 0.2) is 18.2 Å². The highest BCUT2D eigenvalue weighted by molar-refractivity contribution is 5.85. The van der Waals surface area contributed by atoms with E-state index in [1.54, 1.807) is 0 Å². The van der Waals surface area contributed by atoms with Gasteiger partial charge in [0.25, 0.3) is 0 Å². The second-order valence-corrected chi connectivity index (χ2v) is 15.6. The number of aryl methyl sites for hydroxylation is 4. The standard InChI is InChI=1S/C43H60N6O3/c1-11-30-27(5)36-24-39-31(12-2)26(4)35(47-39)23-37-28(6)32(41(49-37)29(7)34-21-25(3)33(46-34)22-38(30)48-36)17-18-40(50)44-19-15-13-14-16-20-45-42(51)52-43(8,9)10/h21-24,28,32,47-48H,11-20H2,1-10H3,(H,44,50)(H,45,51)/t28-,32-/m0/s1. The van der Waals surface area contributed by atoms with Crippen molar-refractivity contribution >= 4 is 45.7 Å². The predicted molar refractivity (Wildman–Crippen MR) is 214 cm³/mol. The second-order valence-electron chi connectivity index (χ2n) is 15.6. The van der Waals surface area contributed by atoms with Crippen molar-refractivity contribution < 1.29 is 14.3 Å². The maximum Gasteiger partial charge on any atom is 0.407 e. The maximum absolute atomic E-state index is 13.1. The van der Waals surface area contributed by atoms with Crippen molar-refractivity contribution in [3.05, 3.63) is 68.8 Å². The van der Waals surface area contributed by atoms with Crippen molar-refractivity contribution in [3.8, 4) is 0 Å². The lowest BCUT2D eigenvalue weighted by atomic mass is 9.85. The zero-order chi connectivity index (χ0) is 37.7. The minimum Gasteiger partial charge on any atom is -0.444 e. The molecule has 3 aromatic heterocycles. The van der Waals surface area contributed by atoms with Crippen molar-refractivity contribution in [2.45, 2.75) is 138 Å². The van der Waals surface area contributed by atoms with Gasteiger partial charge in [0.15, 0.2) is 0 Å². The van der Waals surface area contributed by atoms with Crippen LogP contribution in [-0.4, -0.2) is 50.6 Å². The minimum atomic E-state index is -0.493. The molecule has 0 radical (unpaired) electrons. The Morgan fingerprint density at radius 2 is 1.38 bits per heavy atom. The molecule has 0 spiro atoms. The fourth-order valence-corrected chi connectivity index (χ4v) is 7.62. The Labute approximate surface area is 309 Å². The molecule has 0 saturated carbocycles. The first-order chi connectivity index (χ1) is 24.7. The van der Waals surface area contributed by atoms with Crippen LogP contribution in [0.4, 0.5) is 4.79 Å². The maximum atomic E-state index is 13.1. The summed E-state index contributed by atoms with van der Waals surface area (Å²) in [4.78, 5) is 42.8. The zero-order valence-corrected chi connectivity index (χ0v) is 33.2. The molecule has 280 valence electrons. The Balaban J connectivity index is 1.36. The molecule has 0 aliphatic carbocycles. The number of hydrogen-bond donors (Lipinski definition) is 4. The highest BCUT2D eigenvalue weighted by atomic mass is 16.6. The molecular weight excluding hydrogens is 649 g/mol. The molecule has 5 rings (SSSR count). The molecule has 0 saturated heterocycles. The normalized spacial score (nSPS) is 15.8. The Morgan fingerprint density at radius 3 is 2.00 bits per heavy atom. The fourth-order valence-electron chi connectivity index (χ4n) is 7.62. The summed E-state index contributed by atoms with van der Waals surface area (Å²) < 4.78 is 5.28. The van der Waals surface area contributed by atoms with Gasteiger partial charge in [-0.3, -0.25) is 9.78 Å². The van der Waals surface area contributed by atoms with Gasteiger partial charge in [0.05, 0.1) is 11.4 Å². The largest absolute Gasteiger partial charge is 0.444 e. The number of unbranched alkanes of at least 4 members (excludes halogenated alkanes) is 3. The van der Waals surface area contributed by atoms with Crippen LogP contribution in [0.1, 0.15) is 149 Å². The van der Waals surface area contributed by atoms with Gasteiger partial charge in [-0.05, 0) is 138 Å². The first-order valence-corrected chi connectivity index (χ1v) is 19.3. The number of rotatable bonds is 12. The van der Waals surface area contributed by atoms with E-state index >= 15 is 0 Å². The molecule has 9 nitrogen and oxygen atoms in total. The van der Waals surface area contributed by atoms with Crippen LogP contribution in [0.5, 0.6) is 0 Å². The molecular formula is C43H60N6O3. The number of hydrogen-bond acceptors (Lipinski definition) is 5. The fraction of sp³-hybridized carbons (Fsp3) is 0.535. The third-order valence-corrected chi connectivity index (χ3v) is 10.7. The molecule has 0 unspecified atom stereocenters. The first-order valence-electron chi connectivity index (χ1n) is 19.3. The predicted octanol–water partition coefficient (Wildman–Crippen LogP) is 9.79. The van der Waals surface area contributed by atoms with Gasteiger partial charge in [0.2, 0.25) is 5.91 Å². The molecule has 2 aliphatic rings. The number of alkyl carbamates (subject to hydrolysis) is 1. The van der Waals surface area contributed by atoms with Crippen LogP contribution >= 0.6 is 0 Å². The lowest BCUT2D eigenvalue weighted by Gasteiger charge is -2.19. The van der Waals surface area contributed by atoms with Gasteiger partial charge >= 0.3 is 6.09 Å². The summed E-state index contributed by atoms with van der Waals surface area (Å²) in [5, 5.41) is 5.95. The molecule has 2 atom stereocenters. The highest BCUT2D eigenvalue weighted by Crippen LogP contribution is 2.42. The van der Waals surface area contributed by atoms with E-state index in [0.717, 1.165) is 94.5 Å². The number of aromatic amines is 2. The van der Waals surface area contributed by atoms with Gasteiger partial charge in [-0.15, -0.1) is 0 Å². The molecule has 52 heavy (non-hydrogen) atoms. The minimum absolute atomic E-state index is 0.0749. The Hall–Kier alpha value is -4.40. The van der Waals surface area contributed by atoms with Gasteiger partial charge < -0.3 is 25.3 Å². The van der Waals surface area contributed by atoms with Gasteiger partial charge in [-0.25, -0.2) is 9.78 Å². The van der Waals surface area contributed by atoms with E-state index in [4.69, 9.17) is 14.7 Å². The zero-order valence-electron chi connectivity index (χ0n) is 33.2. The van der Waals surface area contributed by atoms with E-state index in [-0.39, 0.29) is 23.8 Å². The molecule has 0 aromatic carbocycles. The number of allylic oxidation sites excluding steroid dienone is 1. The Bertz CT molecular complexity index is 1990. The number of carbonyl (C=O) groups excluding carboxylic acids is 2. The number of fused-ring (bicyclic) bond motifs is 8. The summed E-state index contributed by atoms with van der Waals surface area (Å²) in [6.45, 7) is 22.2. The molecule has 2 amide bonds. The molecule has 0 fully saturated rings. The lowest BCUT2D eigenvalue weighted by molar-refractivity contribution is -0.121. The average molecular weight is 709 g/mol. The monoisotopic (exact) mass is 708 g/mol. The van der Waals surface area contributed by atoms with Gasteiger partial charge in [0, 0.05) is 64.8 Å². The van der Waals surface area contributed by atoms with E-state index in [9.17, 15) is 9.59 Å². The molecule has 8 bridgehead atoms. The Kier molecular flexibility index (Phi) is 12.3. The SMILES string of the molecule is CCc1c(C)c2cc3[nH]c(cc4nc(c(C)c5nc(cc1[nH]2)C(C)=C5)[C@@H](CCC(=O)NCCCCCCNC(=O)OC(C)(C)C)[C@@H]4C)c(C)c3CC. The van der Waals surface area contributed by atoms with Crippen molar-refractivity contribution in [2.75, 3.05) is 13.1 Å². The smallest absolute Gasteiger partial charge is 0.407 e. The van der Waals surface area contributed by atoms with Crippen LogP contribution in [0.2, 0.25) is 0 Å². The van der Waals surface area contributed by atoms with Crippen molar-refractivity contribution in [1.82, 2.24) is 30.6 Å². The summed E-state index contributed by atoms with van der Waals surface area (Å²) in [5.74, 6) is 0.317. The van der Waals surface area contributed by atoms with E-state index in [1.807, 2.05) is 20.8 Å². The number of nitrogens with one attached hydrogen (secondary N) is 4. The van der Waals surface area contributed by atoms with Crippen LogP contribution in [0.25, 0.3) is 33.7 Å². The first kappa shape index (κ1) is 38.8. The van der Waals surface area contributed by atoms with Gasteiger partial charge in [0.1, 0.15) is 5.60 Å². The Morgan fingerprint density at radius 1 is 0.788 bits per heavy atom. The van der Waals surface area contributed by atoms with Crippen molar-refractivity contribution in [2.24, 2.45) is 0 Å². The third kappa shape index (κ3) is 8.96. The summed E-state index contributed by atoms with van der Waals surface area (Å²) in [5.41, 5.74) is 15.3. The van der Waals surface area contributed by atoms with Crippen LogP contribution in [0, 0.1) is 20.8 Å². The highest BCUT2D eigenvalue weighted by Gasteiger charge is 2.31. The van der Waals surface area contributed by atoms with Crippen LogP contribution in [0.3, 0.4) is 0 Å². The van der Waals surface area contributed by atoms with E-state index < -0.39 is 5.60 Å². The topological polar surface area (TPSA) is 125 Å². The second kappa shape index (κ2) is 16.5. The molecule has 4 N–H and O–H groups in total. The summed E-state index contributed by atoms with van der Waals surface area (Å²) in [6.07, 6.45) is 8.56. The van der Waals surface area contributed by atoms with E-state index in [2.05, 4.69) is 93.3 Å². The van der Waals surface area contributed by atoms with Gasteiger partial charge in [-0.2, -0.15) is 0 Å². The molecule has 9 heteroatoms.